The van der Waals surface area contributed by atoms with Gasteiger partial charge in [0.05, 0.1) is 19.1 Å². The third-order valence-corrected chi connectivity index (χ3v) is 3.84. The van der Waals surface area contributed by atoms with Gasteiger partial charge in [-0.15, -0.1) is 0 Å². The number of hydrogen-bond donors (Lipinski definition) is 2. The minimum Gasteiger partial charge on any atom is -0.478 e. The molecule has 0 spiro atoms. The molecule has 0 bridgehead atoms. The first-order valence-electron chi connectivity index (χ1n) is 7.95. The van der Waals surface area contributed by atoms with Crippen LogP contribution in [0, 0.1) is 5.92 Å². The highest BCUT2D eigenvalue weighted by Gasteiger charge is 2.26. The summed E-state index contributed by atoms with van der Waals surface area (Å²) in [6, 6.07) is 3.71. The SMILES string of the molecule is CCOc1ncccc1CNC(=O)C1CCCN(CC(N)=O)C1. The van der Waals surface area contributed by atoms with Crippen LogP contribution >= 0.6 is 0 Å². The van der Waals surface area contributed by atoms with Crippen molar-refractivity contribution in [3.05, 3.63) is 23.9 Å². The lowest BCUT2D eigenvalue weighted by Crippen LogP contribution is -2.45. The number of rotatable bonds is 7. The average molecular weight is 320 g/mol. The molecule has 3 N–H and O–H groups in total. The summed E-state index contributed by atoms with van der Waals surface area (Å²) in [5, 5.41) is 2.94. The zero-order valence-electron chi connectivity index (χ0n) is 13.5. The number of aromatic nitrogens is 1. The molecule has 7 nitrogen and oxygen atoms in total. The Labute approximate surface area is 136 Å². The quantitative estimate of drug-likeness (QED) is 0.753. The Bertz CT molecular complexity index is 550. The van der Waals surface area contributed by atoms with Crippen LogP contribution in [0.25, 0.3) is 0 Å². The fraction of sp³-hybridized carbons (Fsp3) is 0.562. The number of carbonyl (C=O) groups excluding carboxylic acids is 2. The van der Waals surface area contributed by atoms with E-state index < -0.39 is 0 Å². The molecule has 2 rings (SSSR count). The molecule has 1 fully saturated rings. The smallest absolute Gasteiger partial charge is 0.231 e. The Morgan fingerprint density at radius 3 is 3.09 bits per heavy atom. The molecule has 0 aromatic carbocycles. The number of ether oxygens (including phenoxy) is 1. The molecule has 7 heteroatoms. The number of nitrogens with two attached hydrogens (primary N) is 1. The van der Waals surface area contributed by atoms with Crippen molar-refractivity contribution in [2.75, 3.05) is 26.2 Å². The summed E-state index contributed by atoms with van der Waals surface area (Å²) < 4.78 is 5.45. The van der Waals surface area contributed by atoms with Gasteiger partial charge in [0.25, 0.3) is 0 Å². The Balaban J connectivity index is 1.88. The molecule has 1 saturated heterocycles. The fourth-order valence-corrected chi connectivity index (χ4v) is 2.79. The number of likely N-dealkylation sites (tertiary alicyclic amines) is 1. The molecule has 126 valence electrons. The summed E-state index contributed by atoms with van der Waals surface area (Å²) in [6.07, 6.45) is 3.38. The summed E-state index contributed by atoms with van der Waals surface area (Å²) in [4.78, 5) is 29.5. The molecular weight excluding hydrogens is 296 g/mol. The van der Waals surface area contributed by atoms with E-state index >= 15 is 0 Å². The fourth-order valence-electron chi connectivity index (χ4n) is 2.79. The van der Waals surface area contributed by atoms with Gasteiger partial charge >= 0.3 is 0 Å². The number of nitrogens with zero attached hydrogens (tertiary/aromatic N) is 2. The van der Waals surface area contributed by atoms with Gasteiger partial charge in [-0.3, -0.25) is 14.5 Å². The largest absolute Gasteiger partial charge is 0.478 e. The highest BCUT2D eigenvalue weighted by molar-refractivity contribution is 5.79. The maximum absolute atomic E-state index is 12.4. The summed E-state index contributed by atoms with van der Waals surface area (Å²) in [5.41, 5.74) is 6.08. The van der Waals surface area contributed by atoms with Gasteiger partial charge in [0.1, 0.15) is 0 Å². The molecule has 23 heavy (non-hydrogen) atoms. The lowest BCUT2D eigenvalue weighted by molar-refractivity contribution is -0.128. The average Bonchev–Trinajstić information content (AvgIpc) is 2.53. The van der Waals surface area contributed by atoms with Crippen LogP contribution in [0.2, 0.25) is 0 Å². The maximum Gasteiger partial charge on any atom is 0.231 e. The summed E-state index contributed by atoms with van der Waals surface area (Å²) in [5.74, 6) is 0.0675. The molecule has 0 radical (unpaired) electrons. The first kappa shape index (κ1) is 17.2. The van der Waals surface area contributed by atoms with Crippen LogP contribution in [0.1, 0.15) is 25.3 Å². The Morgan fingerprint density at radius 2 is 2.35 bits per heavy atom. The van der Waals surface area contributed by atoms with E-state index in [0.717, 1.165) is 24.9 Å². The Kier molecular flexibility index (Phi) is 6.34. The molecule has 1 atom stereocenters. The van der Waals surface area contributed by atoms with Gasteiger partial charge < -0.3 is 15.8 Å². The molecule has 0 aliphatic carbocycles. The number of nitrogens with one attached hydrogen (secondary N) is 1. The van der Waals surface area contributed by atoms with Crippen molar-refractivity contribution in [1.82, 2.24) is 15.2 Å². The van der Waals surface area contributed by atoms with E-state index in [1.165, 1.54) is 0 Å². The van der Waals surface area contributed by atoms with Crippen molar-refractivity contribution in [2.45, 2.75) is 26.3 Å². The van der Waals surface area contributed by atoms with Gasteiger partial charge in [0.15, 0.2) is 0 Å². The van der Waals surface area contributed by atoms with Crippen molar-refractivity contribution in [3.8, 4) is 5.88 Å². The predicted octanol–water partition coefficient (Wildman–Crippen LogP) is 0.294. The first-order valence-corrected chi connectivity index (χ1v) is 7.95. The molecule has 1 aromatic rings. The van der Waals surface area contributed by atoms with Gasteiger partial charge in [-0.2, -0.15) is 0 Å². The monoisotopic (exact) mass is 320 g/mol. The van der Waals surface area contributed by atoms with Crippen LogP contribution in [-0.4, -0.2) is 47.9 Å². The molecular formula is C16H24N4O3. The number of piperidine rings is 1. The third kappa shape index (κ3) is 5.21. The van der Waals surface area contributed by atoms with Crippen molar-refractivity contribution < 1.29 is 14.3 Å². The maximum atomic E-state index is 12.4. The summed E-state index contributed by atoms with van der Waals surface area (Å²) in [6.45, 7) is 4.40. The van der Waals surface area contributed by atoms with Crippen LogP contribution in [0.5, 0.6) is 5.88 Å². The molecule has 0 saturated carbocycles. The van der Waals surface area contributed by atoms with Gasteiger partial charge in [0, 0.05) is 24.8 Å². The van der Waals surface area contributed by atoms with E-state index in [2.05, 4.69) is 10.3 Å². The molecule has 1 aliphatic rings. The normalized spacial score (nSPS) is 18.4. The zero-order chi connectivity index (χ0) is 16.7. The molecule has 2 heterocycles. The van der Waals surface area contributed by atoms with Gasteiger partial charge in [0.2, 0.25) is 17.7 Å². The second-order valence-electron chi connectivity index (χ2n) is 5.66. The van der Waals surface area contributed by atoms with E-state index in [-0.39, 0.29) is 24.3 Å². The van der Waals surface area contributed by atoms with Gasteiger partial charge in [-0.05, 0) is 32.4 Å². The van der Waals surface area contributed by atoms with Crippen LogP contribution in [0.3, 0.4) is 0 Å². The van der Waals surface area contributed by atoms with Crippen LogP contribution in [0.15, 0.2) is 18.3 Å². The highest BCUT2D eigenvalue weighted by atomic mass is 16.5. The van der Waals surface area contributed by atoms with E-state index in [9.17, 15) is 9.59 Å². The lowest BCUT2D eigenvalue weighted by Gasteiger charge is -2.31. The second-order valence-corrected chi connectivity index (χ2v) is 5.66. The summed E-state index contributed by atoms with van der Waals surface area (Å²) >= 11 is 0. The number of amides is 2. The van der Waals surface area contributed by atoms with Crippen molar-refractivity contribution >= 4 is 11.8 Å². The Hall–Kier alpha value is -2.15. The van der Waals surface area contributed by atoms with Crippen LogP contribution < -0.4 is 15.8 Å². The standard InChI is InChI=1S/C16H24N4O3/c1-2-23-16-12(5-3-7-18-16)9-19-15(22)13-6-4-8-20(10-13)11-14(17)21/h3,5,7,13H,2,4,6,8-11H2,1H3,(H2,17,21)(H,19,22). The van der Waals surface area contributed by atoms with Gasteiger partial charge in [-0.1, -0.05) is 6.07 Å². The number of carbonyl (C=O) groups is 2. The van der Waals surface area contributed by atoms with Crippen molar-refractivity contribution in [2.24, 2.45) is 11.7 Å². The predicted molar refractivity (Wildman–Crippen MR) is 85.6 cm³/mol. The minimum absolute atomic E-state index is 0.00882. The van der Waals surface area contributed by atoms with Gasteiger partial charge in [-0.25, -0.2) is 4.98 Å². The number of hydrogen-bond acceptors (Lipinski definition) is 5. The van der Waals surface area contributed by atoms with Crippen LogP contribution in [0.4, 0.5) is 0 Å². The second kappa shape index (κ2) is 8.47. The van der Waals surface area contributed by atoms with Crippen molar-refractivity contribution in [1.29, 1.82) is 0 Å². The number of pyridine rings is 1. The summed E-state index contributed by atoms with van der Waals surface area (Å²) in [7, 11) is 0. The van der Waals surface area contributed by atoms with E-state index in [4.69, 9.17) is 10.5 Å². The lowest BCUT2D eigenvalue weighted by atomic mass is 9.97. The van der Waals surface area contributed by atoms with Crippen molar-refractivity contribution in [3.63, 3.8) is 0 Å². The molecule has 1 unspecified atom stereocenters. The topological polar surface area (TPSA) is 97.6 Å². The third-order valence-electron chi connectivity index (χ3n) is 3.84. The minimum atomic E-state index is -0.359. The molecule has 1 aromatic heterocycles. The van der Waals surface area contributed by atoms with E-state index in [1.54, 1.807) is 6.20 Å². The van der Waals surface area contributed by atoms with E-state index in [0.29, 0.717) is 25.6 Å². The van der Waals surface area contributed by atoms with E-state index in [1.807, 2.05) is 24.0 Å². The molecule has 1 aliphatic heterocycles. The highest BCUT2D eigenvalue weighted by Crippen LogP contribution is 2.18. The zero-order valence-corrected chi connectivity index (χ0v) is 13.5. The molecule has 2 amide bonds. The van der Waals surface area contributed by atoms with Crippen LogP contribution in [-0.2, 0) is 16.1 Å². The Morgan fingerprint density at radius 1 is 1.52 bits per heavy atom. The number of primary amides is 1. The first-order chi connectivity index (χ1) is 11.1.